The van der Waals surface area contributed by atoms with Crippen molar-refractivity contribution in [3.8, 4) is 0 Å². The van der Waals surface area contributed by atoms with Crippen LogP contribution >= 0.6 is 11.6 Å². The molecule has 0 spiro atoms. The summed E-state index contributed by atoms with van der Waals surface area (Å²) in [4.78, 5) is 2.48. The molecule has 1 saturated heterocycles. The third kappa shape index (κ3) is 3.82. The van der Waals surface area contributed by atoms with E-state index in [1.807, 2.05) is 0 Å². The minimum Gasteiger partial charge on any atom is -0.393 e. The molecule has 30 heavy (non-hydrogen) atoms. The molecule has 0 aromatic heterocycles. The van der Waals surface area contributed by atoms with E-state index in [9.17, 15) is 31.4 Å². The molecule has 0 radical (unpaired) electrons. The van der Waals surface area contributed by atoms with Gasteiger partial charge in [-0.2, -0.15) is 4.31 Å². The summed E-state index contributed by atoms with van der Waals surface area (Å²) < 4.78 is 66.1. The Kier molecular flexibility index (Phi) is 5.94. The fourth-order valence-corrected chi connectivity index (χ4v) is 7.31. The molecule has 2 N–H and O–H groups in total. The summed E-state index contributed by atoms with van der Waals surface area (Å²) in [5, 5.41) is 18.4. The van der Waals surface area contributed by atoms with Gasteiger partial charge in [0.05, 0.1) is 23.1 Å². The maximum Gasteiger partial charge on any atom is 0.244 e. The van der Waals surface area contributed by atoms with Gasteiger partial charge in [0, 0.05) is 13.1 Å². The molecular formula is C18H16ClFN2O6S2. The summed E-state index contributed by atoms with van der Waals surface area (Å²) in [5.41, 5.74) is -2.08. The Morgan fingerprint density at radius 1 is 1.20 bits per heavy atom. The van der Waals surface area contributed by atoms with Crippen LogP contribution in [0.4, 0.5) is 10.1 Å². The lowest BCUT2D eigenvalue weighted by Crippen LogP contribution is -2.49. The summed E-state index contributed by atoms with van der Waals surface area (Å²) in [5.74, 6) is -0.754. The molecule has 0 saturated carbocycles. The summed E-state index contributed by atoms with van der Waals surface area (Å²) in [6.07, 6.45) is 0. The van der Waals surface area contributed by atoms with Gasteiger partial charge in [0.25, 0.3) is 0 Å². The highest BCUT2D eigenvalue weighted by molar-refractivity contribution is 7.92. The fraction of sp³-hybridized carbons (Fsp3) is 0.278. The SMILES string of the molecule is [C-]#[N+]c1ccc(S(=O)(=O)[C@H]2CN(S(=O)(=O)c3ccc(F)cc3Cl)C[C@@]2(O)CO)cc1. The maximum atomic E-state index is 13.3. The average molecular weight is 475 g/mol. The molecule has 1 fully saturated rings. The van der Waals surface area contributed by atoms with Gasteiger partial charge in [0.1, 0.15) is 21.6 Å². The molecule has 160 valence electrons. The van der Waals surface area contributed by atoms with E-state index in [0.29, 0.717) is 4.31 Å². The van der Waals surface area contributed by atoms with E-state index in [4.69, 9.17) is 18.2 Å². The summed E-state index contributed by atoms with van der Waals surface area (Å²) in [6, 6.07) is 7.54. The zero-order valence-electron chi connectivity index (χ0n) is 15.2. The van der Waals surface area contributed by atoms with E-state index in [0.717, 1.165) is 18.2 Å². The number of benzene rings is 2. The highest BCUT2D eigenvalue weighted by Crippen LogP contribution is 2.36. The number of sulfonamides is 1. The Morgan fingerprint density at radius 3 is 2.37 bits per heavy atom. The lowest BCUT2D eigenvalue weighted by atomic mass is 10.1. The van der Waals surface area contributed by atoms with Gasteiger partial charge in [0.15, 0.2) is 15.5 Å². The molecule has 3 rings (SSSR count). The Balaban J connectivity index is 2.02. The lowest BCUT2D eigenvalue weighted by molar-refractivity contribution is 0.00160. The van der Waals surface area contributed by atoms with Crippen LogP contribution < -0.4 is 0 Å². The summed E-state index contributed by atoms with van der Waals surface area (Å²) in [6.45, 7) is 4.56. The number of aliphatic hydroxyl groups excluding tert-OH is 1. The molecule has 1 aliphatic rings. The molecule has 2 aromatic rings. The minimum atomic E-state index is -4.39. The zero-order chi connectivity index (χ0) is 22.3. The molecule has 2 atom stereocenters. The van der Waals surface area contributed by atoms with E-state index in [1.165, 1.54) is 24.3 Å². The Bertz CT molecular complexity index is 1230. The minimum absolute atomic E-state index is 0.202. The van der Waals surface area contributed by atoms with Crippen molar-refractivity contribution >= 4 is 37.1 Å². The zero-order valence-corrected chi connectivity index (χ0v) is 17.6. The van der Waals surface area contributed by atoms with Crippen LogP contribution in [0.2, 0.25) is 5.02 Å². The van der Waals surface area contributed by atoms with Crippen LogP contribution in [-0.2, 0) is 19.9 Å². The van der Waals surface area contributed by atoms with Gasteiger partial charge < -0.3 is 10.2 Å². The van der Waals surface area contributed by atoms with Gasteiger partial charge in [0.2, 0.25) is 10.0 Å². The van der Waals surface area contributed by atoms with Gasteiger partial charge >= 0.3 is 0 Å². The van der Waals surface area contributed by atoms with Crippen LogP contribution in [0.1, 0.15) is 0 Å². The number of halogens is 2. The largest absolute Gasteiger partial charge is 0.393 e. The van der Waals surface area contributed by atoms with E-state index >= 15 is 0 Å². The molecule has 2 aromatic carbocycles. The highest BCUT2D eigenvalue weighted by Gasteiger charge is 2.55. The predicted molar refractivity (Wildman–Crippen MR) is 106 cm³/mol. The standard InChI is InChI=1S/C18H16ClFN2O6S2/c1-21-13-3-5-14(6-4-13)29(25,26)17-9-22(10-18(17,24)11-23)30(27,28)16-7-2-12(20)8-15(16)19/h2-8,17,23-24H,9-11H2/t17-,18+/m0/s1. The van der Waals surface area contributed by atoms with E-state index in [2.05, 4.69) is 4.85 Å². The molecular weight excluding hydrogens is 459 g/mol. The molecule has 12 heteroatoms. The topological polar surface area (TPSA) is 116 Å². The van der Waals surface area contributed by atoms with Gasteiger partial charge in [-0.05, 0) is 18.2 Å². The molecule has 0 unspecified atom stereocenters. The van der Waals surface area contributed by atoms with Gasteiger partial charge in [-0.15, -0.1) is 0 Å². The van der Waals surface area contributed by atoms with Crippen LogP contribution in [0.5, 0.6) is 0 Å². The molecule has 0 aliphatic carbocycles. The smallest absolute Gasteiger partial charge is 0.244 e. The quantitative estimate of drug-likeness (QED) is 0.636. The van der Waals surface area contributed by atoms with Crippen molar-refractivity contribution in [3.63, 3.8) is 0 Å². The number of hydrogen-bond acceptors (Lipinski definition) is 6. The highest BCUT2D eigenvalue weighted by atomic mass is 35.5. The van der Waals surface area contributed by atoms with Crippen molar-refractivity contribution in [2.45, 2.75) is 20.6 Å². The van der Waals surface area contributed by atoms with E-state index in [-0.39, 0.29) is 10.6 Å². The van der Waals surface area contributed by atoms with Crippen molar-refractivity contribution in [1.29, 1.82) is 0 Å². The number of hydrogen-bond donors (Lipinski definition) is 2. The first-order valence-electron chi connectivity index (χ1n) is 8.45. The number of nitrogens with zero attached hydrogens (tertiary/aromatic N) is 2. The van der Waals surface area contributed by atoms with Gasteiger partial charge in [-0.1, -0.05) is 35.9 Å². The molecule has 8 nitrogen and oxygen atoms in total. The monoisotopic (exact) mass is 474 g/mol. The van der Waals surface area contributed by atoms with E-state index < -0.39 is 66.1 Å². The second kappa shape index (κ2) is 7.88. The van der Waals surface area contributed by atoms with Crippen LogP contribution in [0.3, 0.4) is 0 Å². The normalized spacial score (nSPS) is 22.7. The first-order chi connectivity index (χ1) is 14.0. The van der Waals surface area contributed by atoms with Gasteiger partial charge in [-0.25, -0.2) is 26.1 Å². The third-order valence-corrected chi connectivity index (χ3v) is 9.43. The molecule has 1 aliphatic heterocycles. The second-order valence-electron chi connectivity index (χ2n) is 6.77. The average Bonchev–Trinajstić information content (AvgIpc) is 3.07. The first-order valence-corrected chi connectivity index (χ1v) is 11.8. The maximum absolute atomic E-state index is 13.3. The molecule has 0 bridgehead atoms. The van der Waals surface area contributed by atoms with Crippen LogP contribution in [0, 0.1) is 12.4 Å². The van der Waals surface area contributed by atoms with Crippen molar-refractivity contribution in [2.75, 3.05) is 19.7 Å². The third-order valence-electron chi connectivity index (χ3n) is 4.87. The second-order valence-corrected chi connectivity index (χ2v) is 11.2. The number of aliphatic hydroxyl groups is 2. The number of β-amino-alcohol motifs (C(OH)–C–C–N with tert-alkyl or cyclic N) is 1. The van der Waals surface area contributed by atoms with Crippen molar-refractivity contribution in [3.05, 3.63) is 64.7 Å². The Morgan fingerprint density at radius 2 is 1.83 bits per heavy atom. The van der Waals surface area contributed by atoms with Crippen molar-refractivity contribution < 1.29 is 31.4 Å². The van der Waals surface area contributed by atoms with E-state index in [1.54, 1.807) is 0 Å². The van der Waals surface area contributed by atoms with Crippen LogP contribution in [0.25, 0.3) is 4.85 Å². The lowest BCUT2D eigenvalue weighted by Gasteiger charge is -2.26. The van der Waals surface area contributed by atoms with Crippen molar-refractivity contribution in [1.82, 2.24) is 4.31 Å². The first kappa shape index (κ1) is 22.6. The number of sulfone groups is 1. The summed E-state index contributed by atoms with van der Waals surface area (Å²) >= 11 is 5.85. The summed E-state index contributed by atoms with van der Waals surface area (Å²) in [7, 11) is -8.68. The number of rotatable bonds is 5. The Hall–Kier alpha value is -2.07. The molecule has 1 heterocycles. The fourth-order valence-electron chi connectivity index (χ4n) is 3.25. The van der Waals surface area contributed by atoms with Crippen LogP contribution in [0.15, 0.2) is 52.3 Å². The molecule has 0 amide bonds. The van der Waals surface area contributed by atoms with Gasteiger partial charge in [-0.3, -0.25) is 0 Å². The van der Waals surface area contributed by atoms with Crippen LogP contribution in [-0.4, -0.2) is 61.9 Å². The Labute approximate surface area is 177 Å². The predicted octanol–water partition coefficient (Wildman–Crippen LogP) is 1.60. The van der Waals surface area contributed by atoms with Crippen molar-refractivity contribution in [2.24, 2.45) is 0 Å².